The molecule has 2 saturated carbocycles. The summed E-state index contributed by atoms with van der Waals surface area (Å²) in [5.74, 6) is 2.59. The van der Waals surface area contributed by atoms with Gasteiger partial charge in [-0.3, -0.25) is 4.79 Å². The lowest BCUT2D eigenvalue weighted by Crippen LogP contribution is -2.24. The first-order valence-electron chi connectivity index (χ1n) is 14.1. The van der Waals surface area contributed by atoms with Crippen molar-refractivity contribution < 1.29 is 4.79 Å². The standard InChI is InChI=1S/C33H46O/c1-23-15-17-25(3)30(19-23)32(27-11-7-5-8-12-27)21-29(34)22-33(28-13-9-6-10-14-28)31-20-24(2)16-18-26(31)4/h15-20,27-28,32-33H,5-14,21-22H2,1-4H3/t32-,33-/m1/s1. The van der Waals surface area contributed by atoms with Gasteiger partial charge in [0.2, 0.25) is 0 Å². The third-order valence-corrected chi connectivity index (χ3v) is 9.00. The fourth-order valence-corrected chi connectivity index (χ4v) is 7.03. The SMILES string of the molecule is Cc1ccc(C)c([C@H](CC(=O)C[C@@H](c2cc(C)ccc2C)C2CCCCC2)C2CCCCC2)c1. The summed E-state index contributed by atoms with van der Waals surface area (Å²) in [5.41, 5.74) is 8.27. The molecule has 2 aliphatic rings. The lowest BCUT2D eigenvalue weighted by molar-refractivity contribution is -0.120. The molecule has 2 aliphatic carbocycles. The molecule has 1 nitrogen and oxygen atoms in total. The van der Waals surface area contributed by atoms with Crippen molar-refractivity contribution in [3.63, 3.8) is 0 Å². The minimum atomic E-state index is 0.387. The Morgan fingerprint density at radius 3 is 1.41 bits per heavy atom. The largest absolute Gasteiger partial charge is 0.300 e. The van der Waals surface area contributed by atoms with Crippen LogP contribution in [0.5, 0.6) is 0 Å². The van der Waals surface area contributed by atoms with Gasteiger partial charge in [-0.2, -0.15) is 0 Å². The maximum absolute atomic E-state index is 13.9. The Morgan fingerprint density at radius 2 is 1.03 bits per heavy atom. The highest BCUT2D eigenvalue weighted by Crippen LogP contribution is 2.43. The summed E-state index contributed by atoms with van der Waals surface area (Å²) in [6, 6.07) is 13.7. The average Bonchev–Trinajstić information content (AvgIpc) is 2.85. The molecule has 1 heteroatoms. The Hall–Kier alpha value is -1.89. The summed E-state index contributed by atoms with van der Waals surface area (Å²) in [6.07, 6.45) is 14.6. The van der Waals surface area contributed by atoms with Gasteiger partial charge in [-0.1, -0.05) is 86.1 Å². The number of Topliss-reactive ketones (excluding diaryl/α,β-unsaturated/α-hetero) is 1. The highest BCUT2D eigenvalue weighted by molar-refractivity contribution is 5.80. The van der Waals surface area contributed by atoms with Crippen LogP contribution in [0.4, 0.5) is 0 Å². The molecule has 0 saturated heterocycles. The highest BCUT2D eigenvalue weighted by atomic mass is 16.1. The van der Waals surface area contributed by atoms with Gasteiger partial charge in [-0.15, -0.1) is 0 Å². The van der Waals surface area contributed by atoms with Crippen LogP contribution in [0.25, 0.3) is 0 Å². The monoisotopic (exact) mass is 458 g/mol. The normalized spacial score (nSPS) is 19.6. The van der Waals surface area contributed by atoms with E-state index < -0.39 is 0 Å². The van der Waals surface area contributed by atoms with Gasteiger partial charge in [-0.05, 0) is 99.3 Å². The van der Waals surface area contributed by atoms with Crippen LogP contribution in [0, 0.1) is 39.5 Å². The van der Waals surface area contributed by atoms with Gasteiger partial charge in [0, 0.05) is 12.8 Å². The van der Waals surface area contributed by atoms with Crippen LogP contribution in [0.2, 0.25) is 0 Å². The summed E-state index contributed by atoms with van der Waals surface area (Å²) < 4.78 is 0. The Balaban J connectivity index is 1.59. The molecule has 2 aromatic rings. The first kappa shape index (κ1) is 25.2. The van der Waals surface area contributed by atoms with E-state index in [0.29, 0.717) is 29.5 Å². The predicted octanol–water partition coefficient (Wildman–Crippen LogP) is 9.30. The lowest BCUT2D eigenvalue weighted by Gasteiger charge is -2.34. The van der Waals surface area contributed by atoms with Crippen LogP contribution in [-0.4, -0.2) is 5.78 Å². The molecular formula is C33H46O. The van der Waals surface area contributed by atoms with Crippen LogP contribution < -0.4 is 0 Å². The number of rotatable bonds is 8. The van der Waals surface area contributed by atoms with Gasteiger partial charge in [0.15, 0.2) is 0 Å². The molecule has 0 bridgehead atoms. The van der Waals surface area contributed by atoms with E-state index >= 15 is 0 Å². The van der Waals surface area contributed by atoms with E-state index in [1.807, 2.05) is 0 Å². The van der Waals surface area contributed by atoms with E-state index in [1.54, 1.807) is 0 Å². The van der Waals surface area contributed by atoms with E-state index in [1.165, 1.54) is 97.6 Å². The molecule has 4 rings (SSSR count). The van der Waals surface area contributed by atoms with E-state index in [2.05, 4.69) is 64.1 Å². The maximum Gasteiger partial charge on any atom is 0.134 e. The zero-order chi connectivity index (χ0) is 24.1. The first-order valence-corrected chi connectivity index (χ1v) is 14.1. The molecule has 0 amide bonds. The van der Waals surface area contributed by atoms with Crippen molar-refractivity contribution in [2.75, 3.05) is 0 Å². The van der Waals surface area contributed by atoms with Gasteiger partial charge in [0.1, 0.15) is 5.78 Å². The third-order valence-electron chi connectivity index (χ3n) is 9.00. The fraction of sp³-hybridized carbons (Fsp3) is 0.606. The minimum absolute atomic E-state index is 0.387. The summed E-state index contributed by atoms with van der Waals surface area (Å²) in [5, 5.41) is 0. The van der Waals surface area contributed by atoms with Crippen molar-refractivity contribution in [3.05, 3.63) is 69.8 Å². The summed E-state index contributed by atoms with van der Waals surface area (Å²) in [7, 11) is 0. The van der Waals surface area contributed by atoms with Gasteiger partial charge < -0.3 is 0 Å². The number of carbonyl (C=O) groups excluding carboxylic acids is 1. The molecule has 0 aliphatic heterocycles. The Labute approximate surface area is 208 Å². The highest BCUT2D eigenvalue weighted by Gasteiger charge is 2.32. The topological polar surface area (TPSA) is 17.1 Å². The average molecular weight is 459 g/mol. The van der Waals surface area contributed by atoms with Gasteiger partial charge >= 0.3 is 0 Å². The summed E-state index contributed by atoms with van der Waals surface area (Å²) in [4.78, 5) is 13.9. The van der Waals surface area contributed by atoms with Crippen LogP contribution in [0.3, 0.4) is 0 Å². The van der Waals surface area contributed by atoms with Crippen molar-refractivity contribution in [2.45, 2.75) is 117 Å². The fourth-order valence-electron chi connectivity index (χ4n) is 7.03. The Morgan fingerprint density at radius 1 is 0.647 bits per heavy atom. The molecule has 2 atom stereocenters. The summed E-state index contributed by atoms with van der Waals surface area (Å²) in [6.45, 7) is 8.89. The first-order chi connectivity index (χ1) is 16.4. The second-order valence-corrected chi connectivity index (χ2v) is 11.7. The van der Waals surface area contributed by atoms with Crippen LogP contribution in [0.1, 0.15) is 122 Å². The van der Waals surface area contributed by atoms with Gasteiger partial charge in [0.25, 0.3) is 0 Å². The second kappa shape index (κ2) is 11.7. The molecule has 2 fully saturated rings. The molecule has 184 valence electrons. The van der Waals surface area contributed by atoms with Crippen LogP contribution in [0.15, 0.2) is 36.4 Å². The molecule has 0 aromatic heterocycles. The minimum Gasteiger partial charge on any atom is -0.300 e. The van der Waals surface area contributed by atoms with Crippen LogP contribution in [-0.2, 0) is 4.79 Å². The zero-order valence-corrected chi connectivity index (χ0v) is 22.2. The maximum atomic E-state index is 13.9. The zero-order valence-electron chi connectivity index (χ0n) is 22.2. The second-order valence-electron chi connectivity index (χ2n) is 11.7. The molecule has 0 N–H and O–H groups in total. The molecule has 2 aromatic carbocycles. The molecular weight excluding hydrogens is 412 g/mol. The van der Waals surface area contributed by atoms with Crippen molar-refractivity contribution in [1.82, 2.24) is 0 Å². The number of ketones is 1. The smallest absolute Gasteiger partial charge is 0.134 e. The van der Waals surface area contributed by atoms with E-state index in [4.69, 9.17) is 0 Å². The predicted molar refractivity (Wildman–Crippen MR) is 145 cm³/mol. The van der Waals surface area contributed by atoms with Crippen molar-refractivity contribution >= 4 is 5.78 Å². The van der Waals surface area contributed by atoms with E-state index in [0.717, 1.165) is 12.8 Å². The van der Waals surface area contributed by atoms with Gasteiger partial charge in [0.05, 0.1) is 0 Å². The molecule has 0 radical (unpaired) electrons. The number of carbonyl (C=O) groups is 1. The third kappa shape index (κ3) is 6.21. The summed E-state index contributed by atoms with van der Waals surface area (Å²) >= 11 is 0. The Bertz CT molecular complexity index is 881. The quantitative estimate of drug-likeness (QED) is 0.385. The molecule has 0 spiro atoms. The molecule has 0 heterocycles. The number of benzene rings is 2. The number of hydrogen-bond acceptors (Lipinski definition) is 1. The Kier molecular flexibility index (Phi) is 8.67. The van der Waals surface area contributed by atoms with Crippen molar-refractivity contribution in [3.8, 4) is 0 Å². The van der Waals surface area contributed by atoms with E-state index in [-0.39, 0.29) is 0 Å². The number of aryl methyl sites for hydroxylation is 4. The van der Waals surface area contributed by atoms with Crippen LogP contribution >= 0.6 is 0 Å². The van der Waals surface area contributed by atoms with Crippen molar-refractivity contribution in [2.24, 2.45) is 11.8 Å². The lowest BCUT2D eigenvalue weighted by atomic mass is 9.70. The molecule has 34 heavy (non-hydrogen) atoms. The molecule has 0 unspecified atom stereocenters. The van der Waals surface area contributed by atoms with Crippen molar-refractivity contribution in [1.29, 1.82) is 0 Å². The number of hydrogen-bond donors (Lipinski definition) is 0. The van der Waals surface area contributed by atoms with Gasteiger partial charge in [-0.25, -0.2) is 0 Å². The van der Waals surface area contributed by atoms with E-state index in [9.17, 15) is 4.79 Å².